The van der Waals surface area contributed by atoms with Gasteiger partial charge in [-0.15, -0.1) is 0 Å². The van der Waals surface area contributed by atoms with Crippen molar-refractivity contribution in [1.29, 1.82) is 0 Å². The van der Waals surface area contributed by atoms with Gasteiger partial charge in [0.15, 0.2) is 5.89 Å². The van der Waals surface area contributed by atoms with Crippen LogP contribution in [0, 0.1) is 18.8 Å². The number of carbonyl (C=O) groups excluding carboxylic acids is 2. The van der Waals surface area contributed by atoms with Crippen molar-refractivity contribution < 1.29 is 28.6 Å². The lowest BCUT2D eigenvalue weighted by molar-refractivity contribution is -0.124. The van der Waals surface area contributed by atoms with Crippen LogP contribution in [0.15, 0.2) is 41.1 Å². The van der Waals surface area contributed by atoms with Crippen molar-refractivity contribution in [2.24, 2.45) is 11.8 Å². The highest BCUT2D eigenvalue weighted by molar-refractivity contribution is 5.94. The van der Waals surface area contributed by atoms with Gasteiger partial charge in [-0.05, 0) is 108 Å². The molecule has 6 rings (SSSR count). The number of aromatic nitrogens is 3. The number of oxazole rings is 1. The third kappa shape index (κ3) is 8.12. The fourth-order valence-electron chi connectivity index (χ4n) is 6.95. The standard InChI is InChI=1S/C36H47N5O6/c1-22(20-42)38-36(44)47-29-12-10-27(11-13-29)35(43)41(33-18-28(16-17-37-33)31-21-46-34(40-31)26-8-9-26)19-24-4-6-25(7-5-24)30-14-15-32(45-3)23(2)39-30/h14-18,21-22,24-27,29,42H,4-13,19-20H2,1-3H3,(H,38,44)/t22-,24?,25?,27?,29?/m0/s1. The monoisotopic (exact) mass is 645 g/mol. The van der Waals surface area contributed by atoms with Crippen LogP contribution in [0.25, 0.3) is 11.3 Å². The lowest BCUT2D eigenvalue weighted by Crippen LogP contribution is -2.43. The van der Waals surface area contributed by atoms with Gasteiger partial charge in [-0.25, -0.2) is 14.8 Å². The van der Waals surface area contributed by atoms with Gasteiger partial charge in [0.1, 0.15) is 29.6 Å². The number of hydrogen-bond acceptors (Lipinski definition) is 9. The zero-order valence-corrected chi connectivity index (χ0v) is 27.7. The number of carbonyl (C=O) groups is 2. The molecular weight excluding hydrogens is 598 g/mol. The predicted octanol–water partition coefficient (Wildman–Crippen LogP) is 6.30. The summed E-state index contributed by atoms with van der Waals surface area (Å²) in [6, 6.07) is 7.59. The van der Waals surface area contributed by atoms with Gasteiger partial charge < -0.3 is 24.3 Å². The highest BCUT2D eigenvalue weighted by Gasteiger charge is 2.35. The molecule has 0 aliphatic heterocycles. The first-order valence-corrected chi connectivity index (χ1v) is 17.1. The van der Waals surface area contributed by atoms with E-state index >= 15 is 0 Å². The number of ether oxygens (including phenoxy) is 2. The summed E-state index contributed by atoms with van der Waals surface area (Å²) in [5, 5.41) is 11.8. The molecule has 2 amide bonds. The summed E-state index contributed by atoms with van der Waals surface area (Å²) in [7, 11) is 1.67. The van der Waals surface area contributed by atoms with Crippen molar-refractivity contribution in [3.63, 3.8) is 0 Å². The summed E-state index contributed by atoms with van der Waals surface area (Å²) in [6.07, 6.45) is 11.4. The van der Waals surface area contributed by atoms with Crippen LogP contribution in [0.5, 0.6) is 5.75 Å². The predicted molar refractivity (Wildman–Crippen MR) is 176 cm³/mol. The number of amides is 2. The lowest BCUT2D eigenvalue weighted by Gasteiger charge is -2.35. The van der Waals surface area contributed by atoms with E-state index in [2.05, 4.69) is 11.4 Å². The molecule has 3 aliphatic rings. The summed E-state index contributed by atoms with van der Waals surface area (Å²) in [5.74, 6) is 3.25. The molecule has 47 heavy (non-hydrogen) atoms. The first-order valence-electron chi connectivity index (χ1n) is 17.1. The molecule has 11 heteroatoms. The Hall–Kier alpha value is -3.99. The molecule has 0 bridgehead atoms. The van der Waals surface area contributed by atoms with E-state index < -0.39 is 6.09 Å². The van der Waals surface area contributed by atoms with Crippen LogP contribution in [0.2, 0.25) is 0 Å². The Morgan fingerprint density at radius 2 is 1.77 bits per heavy atom. The molecule has 3 aliphatic carbocycles. The number of methoxy groups -OCH3 is 1. The number of pyridine rings is 2. The van der Waals surface area contributed by atoms with Crippen LogP contribution < -0.4 is 15.0 Å². The van der Waals surface area contributed by atoms with Crippen LogP contribution in [0.1, 0.15) is 100 Å². The normalized spacial score (nSPS) is 23.5. The molecule has 0 spiro atoms. The summed E-state index contributed by atoms with van der Waals surface area (Å²) in [6.45, 7) is 4.14. The van der Waals surface area contributed by atoms with Crippen molar-refractivity contribution >= 4 is 17.8 Å². The maximum absolute atomic E-state index is 14.3. The van der Waals surface area contributed by atoms with Crippen LogP contribution in [-0.2, 0) is 9.53 Å². The minimum absolute atomic E-state index is 0.0693. The van der Waals surface area contributed by atoms with Crippen molar-refractivity contribution in [2.45, 2.75) is 102 Å². The van der Waals surface area contributed by atoms with Crippen molar-refractivity contribution in [2.75, 3.05) is 25.2 Å². The van der Waals surface area contributed by atoms with Gasteiger partial charge >= 0.3 is 6.09 Å². The Balaban J connectivity index is 1.15. The average Bonchev–Trinajstić information content (AvgIpc) is 3.83. The number of hydrogen-bond donors (Lipinski definition) is 2. The van der Waals surface area contributed by atoms with E-state index in [1.165, 1.54) is 0 Å². The second-order valence-corrected chi connectivity index (χ2v) is 13.5. The number of nitrogens with zero attached hydrogens (tertiary/aromatic N) is 4. The number of nitrogens with one attached hydrogen (secondary N) is 1. The topological polar surface area (TPSA) is 140 Å². The van der Waals surface area contributed by atoms with Gasteiger partial charge in [0.25, 0.3) is 0 Å². The lowest BCUT2D eigenvalue weighted by atomic mass is 9.79. The number of aryl methyl sites for hydroxylation is 1. The van der Waals surface area contributed by atoms with Crippen LogP contribution in [0.4, 0.5) is 10.6 Å². The molecular formula is C36H47N5O6. The van der Waals surface area contributed by atoms with Crippen molar-refractivity contribution in [3.05, 3.63) is 54.0 Å². The number of aliphatic hydroxyl groups excluding tert-OH is 1. The molecule has 3 aromatic rings. The average molecular weight is 646 g/mol. The molecule has 1 atom stereocenters. The highest BCUT2D eigenvalue weighted by atomic mass is 16.6. The second-order valence-electron chi connectivity index (χ2n) is 13.5. The fourth-order valence-corrected chi connectivity index (χ4v) is 6.95. The smallest absolute Gasteiger partial charge is 0.407 e. The Labute approximate surface area is 276 Å². The Bertz CT molecular complexity index is 1520. The highest BCUT2D eigenvalue weighted by Crippen LogP contribution is 2.41. The first-order chi connectivity index (χ1) is 22.8. The quantitative estimate of drug-likeness (QED) is 0.246. The number of rotatable bonds is 11. The van der Waals surface area contributed by atoms with Gasteiger partial charge in [0, 0.05) is 41.8 Å². The van der Waals surface area contributed by atoms with Gasteiger partial charge in [0.05, 0.1) is 25.5 Å². The number of anilines is 1. The van der Waals surface area contributed by atoms with Crippen molar-refractivity contribution in [3.8, 4) is 17.0 Å². The zero-order valence-electron chi connectivity index (χ0n) is 27.7. The minimum Gasteiger partial charge on any atom is -0.495 e. The molecule has 0 aromatic carbocycles. The van der Waals surface area contributed by atoms with E-state index in [0.29, 0.717) is 55.8 Å². The zero-order chi connectivity index (χ0) is 32.9. The molecule has 252 valence electrons. The Morgan fingerprint density at radius 1 is 1.02 bits per heavy atom. The van der Waals surface area contributed by atoms with E-state index in [4.69, 9.17) is 28.8 Å². The number of aliphatic hydroxyl groups is 1. The molecule has 0 saturated heterocycles. The van der Waals surface area contributed by atoms with E-state index in [9.17, 15) is 14.7 Å². The van der Waals surface area contributed by atoms with E-state index in [1.54, 1.807) is 26.5 Å². The van der Waals surface area contributed by atoms with Crippen LogP contribution in [-0.4, -0.2) is 64.5 Å². The third-order valence-corrected chi connectivity index (χ3v) is 9.95. The van der Waals surface area contributed by atoms with Crippen LogP contribution >= 0.6 is 0 Å². The SMILES string of the molecule is COc1ccc(C2CCC(CN(C(=O)C3CCC(OC(=O)N[C@@H](C)CO)CC3)c3cc(-c4coc(C5CC5)n4)ccn3)CC2)nc1C. The van der Waals surface area contributed by atoms with Gasteiger partial charge in [0.2, 0.25) is 5.91 Å². The molecule has 3 saturated carbocycles. The van der Waals surface area contributed by atoms with E-state index in [0.717, 1.165) is 72.8 Å². The minimum atomic E-state index is -0.530. The molecule has 11 nitrogen and oxygen atoms in total. The van der Waals surface area contributed by atoms with Gasteiger partial charge in [-0.1, -0.05) is 0 Å². The van der Waals surface area contributed by atoms with Crippen LogP contribution in [0.3, 0.4) is 0 Å². The Kier molecular flexibility index (Phi) is 10.4. The summed E-state index contributed by atoms with van der Waals surface area (Å²) in [5.41, 5.74) is 3.66. The van der Waals surface area contributed by atoms with E-state index in [-0.39, 0.29) is 30.6 Å². The third-order valence-electron chi connectivity index (χ3n) is 9.95. The fraction of sp³-hybridized carbons (Fsp3) is 0.583. The summed E-state index contributed by atoms with van der Waals surface area (Å²) >= 11 is 0. The maximum Gasteiger partial charge on any atom is 0.407 e. The van der Waals surface area contributed by atoms with Gasteiger partial charge in [-0.3, -0.25) is 14.7 Å². The molecule has 0 unspecified atom stereocenters. The van der Waals surface area contributed by atoms with E-state index in [1.807, 2.05) is 30.0 Å². The second kappa shape index (κ2) is 14.8. The first kappa shape index (κ1) is 32.9. The maximum atomic E-state index is 14.3. The molecule has 2 N–H and O–H groups in total. The molecule has 3 fully saturated rings. The van der Waals surface area contributed by atoms with Crippen molar-refractivity contribution in [1.82, 2.24) is 20.3 Å². The largest absolute Gasteiger partial charge is 0.495 e. The Morgan fingerprint density at radius 3 is 2.45 bits per heavy atom. The number of alkyl carbamates (subject to hydrolysis) is 1. The molecule has 3 aromatic heterocycles. The summed E-state index contributed by atoms with van der Waals surface area (Å²) in [4.78, 5) is 42.7. The van der Waals surface area contributed by atoms with Gasteiger partial charge in [-0.2, -0.15) is 0 Å². The molecule has 3 heterocycles. The summed E-state index contributed by atoms with van der Waals surface area (Å²) < 4.78 is 16.8. The molecule has 0 radical (unpaired) electrons.